The summed E-state index contributed by atoms with van der Waals surface area (Å²) in [7, 11) is 1.31. The lowest BCUT2D eigenvalue weighted by Gasteiger charge is -2.28. The predicted molar refractivity (Wildman–Crippen MR) is 104 cm³/mol. The lowest BCUT2D eigenvalue weighted by Crippen LogP contribution is -2.36. The number of methoxy groups -OCH3 is 2. The van der Waals surface area contributed by atoms with E-state index in [0.717, 1.165) is 11.2 Å². The van der Waals surface area contributed by atoms with E-state index < -0.39 is 10.0 Å². The van der Waals surface area contributed by atoms with Gasteiger partial charge in [0, 0.05) is 36.3 Å². The summed E-state index contributed by atoms with van der Waals surface area (Å²) in [6, 6.07) is 13.0. The quantitative estimate of drug-likeness (QED) is 0.692. The van der Waals surface area contributed by atoms with Crippen molar-refractivity contribution in [1.29, 1.82) is 0 Å². The van der Waals surface area contributed by atoms with Crippen LogP contribution in [-0.2, 0) is 30.0 Å². The number of aromatic nitrogens is 1. The van der Waals surface area contributed by atoms with E-state index in [1.165, 1.54) is 29.5 Å². The Morgan fingerprint density at radius 3 is 2.56 bits per heavy atom. The molecular weight excluding hydrogens is 364 g/mol. The number of sulfonamides is 1. The van der Waals surface area contributed by atoms with Crippen molar-refractivity contribution in [3.8, 4) is 11.5 Å². The molecule has 0 spiro atoms. The predicted octanol–water partition coefficient (Wildman–Crippen LogP) is 2.94. The molecule has 0 aliphatic carbocycles. The highest BCUT2D eigenvalue weighted by molar-refractivity contribution is 7.89. The summed E-state index contributed by atoms with van der Waals surface area (Å²) >= 11 is 0. The first-order valence-corrected chi connectivity index (χ1v) is 10.2. The van der Waals surface area contributed by atoms with Gasteiger partial charge in [0.15, 0.2) is 0 Å². The van der Waals surface area contributed by atoms with Gasteiger partial charge in [0.25, 0.3) is 0 Å². The molecule has 0 bridgehead atoms. The van der Waals surface area contributed by atoms with E-state index in [1.807, 2.05) is 19.2 Å². The van der Waals surface area contributed by atoms with Gasteiger partial charge < -0.3 is 14.0 Å². The van der Waals surface area contributed by atoms with Gasteiger partial charge in [-0.3, -0.25) is 0 Å². The molecule has 0 fully saturated rings. The monoisotopic (exact) mass is 386 g/mol. The van der Waals surface area contributed by atoms with Crippen LogP contribution in [0, 0.1) is 0 Å². The Morgan fingerprint density at radius 2 is 1.81 bits per heavy atom. The number of hydrogen-bond acceptors (Lipinski definition) is 4. The van der Waals surface area contributed by atoms with E-state index in [9.17, 15) is 8.42 Å². The second-order valence-corrected chi connectivity index (χ2v) is 8.51. The number of aryl methyl sites for hydroxylation is 1. The summed E-state index contributed by atoms with van der Waals surface area (Å²) in [4.78, 5) is 0.160. The van der Waals surface area contributed by atoms with Gasteiger partial charge in [0.2, 0.25) is 10.0 Å². The molecule has 6 nitrogen and oxygen atoms in total. The molecule has 27 heavy (non-hydrogen) atoms. The third-order valence-electron chi connectivity index (χ3n) is 5.27. The van der Waals surface area contributed by atoms with Gasteiger partial charge in [-0.2, -0.15) is 4.31 Å². The van der Waals surface area contributed by atoms with Crippen molar-refractivity contribution >= 4 is 20.9 Å². The summed E-state index contributed by atoms with van der Waals surface area (Å²) in [5.41, 5.74) is 3.41. The van der Waals surface area contributed by atoms with Gasteiger partial charge in [0.1, 0.15) is 16.4 Å². The second-order valence-electron chi connectivity index (χ2n) is 6.61. The fourth-order valence-corrected chi connectivity index (χ4v) is 5.36. The average Bonchev–Trinajstić information content (AvgIpc) is 2.99. The molecule has 2 heterocycles. The largest absolute Gasteiger partial charge is 0.497 e. The van der Waals surface area contributed by atoms with Crippen LogP contribution in [0.4, 0.5) is 0 Å². The minimum atomic E-state index is -3.69. The van der Waals surface area contributed by atoms with Crippen molar-refractivity contribution in [3.63, 3.8) is 0 Å². The van der Waals surface area contributed by atoms with Crippen LogP contribution in [0.2, 0.25) is 0 Å². The van der Waals surface area contributed by atoms with Crippen molar-refractivity contribution in [1.82, 2.24) is 8.87 Å². The standard InChI is InChI=1S/C20H22N2O4S/c1-21-17-7-5-4-6-15(17)16-10-11-22(13-18(16)21)27(23,24)20-9-8-14(25-2)12-19(20)26-3/h4-9,12H,10-11,13H2,1-3H3. The van der Waals surface area contributed by atoms with Crippen molar-refractivity contribution in [2.24, 2.45) is 7.05 Å². The second kappa shape index (κ2) is 6.58. The maximum atomic E-state index is 13.3. The zero-order valence-corrected chi connectivity index (χ0v) is 16.4. The van der Waals surface area contributed by atoms with E-state index in [0.29, 0.717) is 25.3 Å². The van der Waals surface area contributed by atoms with Crippen molar-refractivity contribution in [2.45, 2.75) is 17.9 Å². The minimum absolute atomic E-state index is 0.160. The minimum Gasteiger partial charge on any atom is -0.497 e. The van der Waals surface area contributed by atoms with Crippen LogP contribution in [0.3, 0.4) is 0 Å². The fraction of sp³-hybridized carbons (Fsp3) is 0.300. The summed E-state index contributed by atoms with van der Waals surface area (Å²) < 4.78 is 40.7. The average molecular weight is 386 g/mol. The Bertz CT molecular complexity index is 1120. The molecule has 0 atom stereocenters. The number of fused-ring (bicyclic) bond motifs is 3. The molecule has 1 aromatic heterocycles. The summed E-state index contributed by atoms with van der Waals surface area (Å²) in [5, 5.41) is 1.20. The third kappa shape index (κ3) is 2.78. The first-order chi connectivity index (χ1) is 13.0. The van der Waals surface area contributed by atoms with Gasteiger partial charge in [-0.1, -0.05) is 18.2 Å². The van der Waals surface area contributed by atoms with E-state index in [4.69, 9.17) is 9.47 Å². The molecule has 0 saturated carbocycles. The molecular formula is C20H22N2O4S. The summed E-state index contributed by atoms with van der Waals surface area (Å²) in [5.74, 6) is 0.845. The van der Waals surface area contributed by atoms with E-state index in [-0.39, 0.29) is 10.6 Å². The molecule has 3 aromatic rings. The lowest BCUT2D eigenvalue weighted by molar-refractivity contribution is 0.368. The first kappa shape index (κ1) is 17.9. The summed E-state index contributed by atoms with van der Waals surface area (Å²) in [6.07, 6.45) is 0.689. The molecule has 2 aromatic carbocycles. The van der Waals surface area contributed by atoms with Gasteiger partial charge >= 0.3 is 0 Å². The van der Waals surface area contributed by atoms with Crippen LogP contribution in [0.25, 0.3) is 10.9 Å². The molecule has 0 N–H and O–H groups in total. The first-order valence-electron chi connectivity index (χ1n) is 8.74. The zero-order chi connectivity index (χ0) is 19.2. The van der Waals surface area contributed by atoms with Crippen LogP contribution >= 0.6 is 0 Å². The van der Waals surface area contributed by atoms with Gasteiger partial charge in [-0.15, -0.1) is 0 Å². The normalized spacial score (nSPS) is 14.9. The zero-order valence-electron chi connectivity index (χ0n) is 15.6. The van der Waals surface area contributed by atoms with Crippen molar-refractivity contribution < 1.29 is 17.9 Å². The highest BCUT2D eigenvalue weighted by Crippen LogP contribution is 2.35. The van der Waals surface area contributed by atoms with Gasteiger partial charge in [0.05, 0.1) is 20.8 Å². The smallest absolute Gasteiger partial charge is 0.247 e. The number of benzene rings is 2. The molecule has 1 aliphatic rings. The molecule has 0 amide bonds. The Labute approximate surface area is 159 Å². The molecule has 1 aliphatic heterocycles. The highest BCUT2D eigenvalue weighted by Gasteiger charge is 2.33. The van der Waals surface area contributed by atoms with Crippen LogP contribution < -0.4 is 9.47 Å². The third-order valence-corrected chi connectivity index (χ3v) is 7.15. The van der Waals surface area contributed by atoms with Crippen LogP contribution in [0.1, 0.15) is 11.3 Å². The number of hydrogen-bond donors (Lipinski definition) is 0. The highest BCUT2D eigenvalue weighted by atomic mass is 32.2. The van der Waals surface area contributed by atoms with Crippen LogP contribution in [-0.4, -0.2) is 38.1 Å². The Balaban J connectivity index is 1.75. The molecule has 0 unspecified atom stereocenters. The van der Waals surface area contributed by atoms with Crippen molar-refractivity contribution in [3.05, 3.63) is 53.7 Å². The van der Waals surface area contributed by atoms with E-state index >= 15 is 0 Å². The van der Waals surface area contributed by atoms with Crippen molar-refractivity contribution in [2.75, 3.05) is 20.8 Å². The fourth-order valence-electron chi connectivity index (χ4n) is 3.82. The summed E-state index contributed by atoms with van der Waals surface area (Å²) in [6.45, 7) is 0.788. The number of ether oxygens (including phenoxy) is 2. The lowest BCUT2D eigenvalue weighted by atomic mass is 10.1. The Hall–Kier alpha value is -2.51. The Kier molecular flexibility index (Phi) is 4.36. The molecule has 0 radical (unpaired) electrons. The van der Waals surface area contributed by atoms with E-state index in [1.54, 1.807) is 18.2 Å². The number of rotatable bonds is 4. The maximum Gasteiger partial charge on any atom is 0.247 e. The van der Waals surface area contributed by atoms with E-state index in [2.05, 4.69) is 16.7 Å². The van der Waals surface area contributed by atoms with Gasteiger partial charge in [-0.25, -0.2) is 8.42 Å². The Morgan fingerprint density at radius 1 is 1.04 bits per heavy atom. The maximum absolute atomic E-state index is 13.3. The topological polar surface area (TPSA) is 60.8 Å². The number of nitrogens with zero attached hydrogens (tertiary/aromatic N) is 2. The van der Waals surface area contributed by atoms with Gasteiger partial charge in [-0.05, 0) is 30.2 Å². The van der Waals surface area contributed by atoms with Crippen LogP contribution in [0.15, 0.2) is 47.4 Å². The molecule has 142 valence electrons. The SMILES string of the molecule is COc1ccc(S(=O)(=O)N2CCc3c(n(C)c4ccccc34)C2)c(OC)c1. The van der Waals surface area contributed by atoms with Crippen LogP contribution in [0.5, 0.6) is 11.5 Å². The molecule has 7 heteroatoms. The number of para-hydroxylation sites is 1. The molecule has 0 saturated heterocycles. The molecule has 4 rings (SSSR count).